The minimum atomic E-state index is -1.36. The third-order valence-electron chi connectivity index (χ3n) is 10.7. The van der Waals surface area contributed by atoms with Crippen LogP contribution in [0.4, 0.5) is 0 Å². The summed E-state index contributed by atoms with van der Waals surface area (Å²) in [7, 11) is 3.19. The summed E-state index contributed by atoms with van der Waals surface area (Å²) in [6, 6.07) is 39.1. The highest BCUT2D eigenvalue weighted by atomic mass is 16.5. The summed E-state index contributed by atoms with van der Waals surface area (Å²) in [4.78, 5) is 26.0. The number of carbonyl (C=O) groups is 2. The molecule has 7 heteroatoms. The van der Waals surface area contributed by atoms with Crippen molar-refractivity contribution in [2.24, 2.45) is 0 Å². The Morgan fingerprint density at radius 2 is 1.29 bits per heavy atom. The Morgan fingerprint density at radius 3 is 1.87 bits per heavy atom. The number of aliphatic carboxylic acids is 2. The summed E-state index contributed by atoms with van der Waals surface area (Å²) in [5, 5.41) is 22.9. The van der Waals surface area contributed by atoms with E-state index in [9.17, 15) is 19.8 Å². The van der Waals surface area contributed by atoms with Gasteiger partial charge < -0.3 is 24.4 Å². The molecule has 0 fully saturated rings. The monoisotopic (exact) mass is 688 g/mol. The van der Waals surface area contributed by atoms with Crippen molar-refractivity contribution in [3.63, 3.8) is 0 Å². The SMILES string of the molecule is COc1ccc(C2(c3ccc(OC)cc3)C=C(C(=O)O)c3c4c(c5ccccc5c3O2)-c2ccc(-c3ccccc3)cc2C4(C)CCC(=O)O)cc1. The van der Waals surface area contributed by atoms with Crippen LogP contribution in [0, 0.1) is 0 Å². The number of methoxy groups -OCH3 is 2. The topological polar surface area (TPSA) is 102 Å². The quantitative estimate of drug-likeness (QED) is 0.156. The van der Waals surface area contributed by atoms with Crippen LogP contribution >= 0.6 is 0 Å². The lowest BCUT2D eigenvalue weighted by Gasteiger charge is -2.40. The van der Waals surface area contributed by atoms with E-state index in [1.165, 1.54) is 0 Å². The van der Waals surface area contributed by atoms with Crippen LogP contribution in [-0.4, -0.2) is 36.4 Å². The average Bonchev–Trinajstić information content (AvgIpc) is 3.45. The molecule has 2 aliphatic rings. The van der Waals surface area contributed by atoms with Crippen molar-refractivity contribution in [1.82, 2.24) is 0 Å². The molecule has 8 rings (SSSR count). The summed E-state index contributed by atoms with van der Waals surface area (Å²) in [6.45, 7) is 2.04. The summed E-state index contributed by atoms with van der Waals surface area (Å²) >= 11 is 0. The number of carboxylic acid groups (broad SMARTS) is 2. The van der Waals surface area contributed by atoms with Crippen LogP contribution in [0.25, 0.3) is 38.6 Å². The molecule has 1 unspecified atom stereocenters. The van der Waals surface area contributed by atoms with Crippen molar-refractivity contribution < 1.29 is 34.0 Å². The second kappa shape index (κ2) is 12.5. The minimum Gasteiger partial charge on any atom is -0.497 e. The molecular formula is C45H36O7. The molecule has 1 atom stereocenters. The first-order valence-electron chi connectivity index (χ1n) is 17.1. The normalized spacial score (nSPS) is 16.6. The number of rotatable bonds is 9. The van der Waals surface area contributed by atoms with E-state index in [1.807, 2.05) is 110 Å². The van der Waals surface area contributed by atoms with E-state index in [0.717, 1.165) is 44.2 Å². The maximum absolute atomic E-state index is 13.7. The second-order valence-corrected chi connectivity index (χ2v) is 13.5. The molecule has 6 aromatic carbocycles. The third kappa shape index (κ3) is 5.03. The Hall–Kier alpha value is -6.34. The van der Waals surface area contributed by atoms with Gasteiger partial charge in [0.2, 0.25) is 0 Å². The molecule has 0 bridgehead atoms. The zero-order valence-corrected chi connectivity index (χ0v) is 29.0. The first kappa shape index (κ1) is 32.8. The van der Waals surface area contributed by atoms with Gasteiger partial charge in [0.25, 0.3) is 0 Å². The van der Waals surface area contributed by atoms with Crippen molar-refractivity contribution in [2.75, 3.05) is 14.2 Å². The summed E-state index contributed by atoms with van der Waals surface area (Å²) < 4.78 is 18.3. The maximum atomic E-state index is 13.7. The van der Waals surface area contributed by atoms with E-state index < -0.39 is 23.0 Å². The number of hydrogen-bond acceptors (Lipinski definition) is 5. The van der Waals surface area contributed by atoms with Gasteiger partial charge in [-0.15, -0.1) is 0 Å². The Bertz CT molecular complexity index is 2360. The van der Waals surface area contributed by atoms with Gasteiger partial charge in [-0.1, -0.05) is 97.9 Å². The number of fused-ring (bicyclic) bond motifs is 8. The molecule has 6 aromatic rings. The lowest BCUT2D eigenvalue weighted by atomic mass is 9.71. The highest BCUT2D eigenvalue weighted by Gasteiger charge is 2.49. The Labute approximate surface area is 301 Å². The molecule has 0 saturated heterocycles. The fraction of sp³-hybridized carbons (Fsp3) is 0.156. The highest BCUT2D eigenvalue weighted by molar-refractivity contribution is 6.22. The van der Waals surface area contributed by atoms with E-state index in [-0.39, 0.29) is 18.4 Å². The van der Waals surface area contributed by atoms with Crippen LogP contribution in [0.2, 0.25) is 0 Å². The van der Waals surface area contributed by atoms with E-state index in [4.69, 9.17) is 14.2 Å². The zero-order valence-electron chi connectivity index (χ0n) is 29.0. The zero-order chi connectivity index (χ0) is 36.2. The number of ether oxygens (including phenoxy) is 3. The van der Waals surface area contributed by atoms with Gasteiger partial charge in [0.15, 0.2) is 5.60 Å². The average molecular weight is 689 g/mol. The van der Waals surface area contributed by atoms with Crippen LogP contribution in [0.15, 0.2) is 127 Å². The Kier molecular flexibility index (Phi) is 7.87. The third-order valence-corrected chi connectivity index (χ3v) is 10.7. The van der Waals surface area contributed by atoms with Gasteiger partial charge >= 0.3 is 11.9 Å². The molecule has 7 nitrogen and oxygen atoms in total. The smallest absolute Gasteiger partial charge is 0.336 e. The molecule has 258 valence electrons. The summed E-state index contributed by atoms with van der Waals surface area (Å²) in [5.74, 6) is -0.309. The molecule has 2 N–H and O–H groups in total. The number of benzene rings is 6. The molecule has 0 radical (unpaired) electrons. The van der Waals surface area contributed by atoms with Gasteiger partial charge in [0.05, 0.1) is 19.8 Å². The van der Waals surface area contributed by atoms with Crippen LogP contribution in [0.5, 0.6) is 17.2 Å². The molecule has 0 spiro atoms. The van der Waals surface area contributed by atoms with Crippen molar-refractivity contribution in [1.29, 1.82) is 0 Å². The van der Waals surface area contributed by atoms with Crippen molar-refractivity contribution in [2.45, 2.75) is 30.8 Å². The molecule has 52 heavy (non-hydrogen) atoms. The van der Waals surface area contributed by atoms with Crippen LogP contribution in [0.1, 0.15) is 47.6 Å². The number of carboxylic acids is 2. The van der Waals surface area contributed by atoms with Crippen LogP contribution in [-0.2, 0) is 20.6 Å². The molecule has 1 aliphatic heterocycles. The molecule has 0 saturated carbocycles. The predicted octanol–water partition coefficient (Wildman–Crippen LogP) is 9.48. The van der Waals surface area contributed by atoms with E-state index in [0.29, 0.717) is 33.9 Å². The highest BCUT2D eigenvalue weighted by Crippen LogP contribution is 2.61. The number of hydrogen-bond donors (Lipinski definition) is 2. The fourth-order valence-corrected chi connectivity index (χ4v) is 8.14. The van der Waals surface area contributed by atoms with Crippen LogP contribution in [0.3, 0.4) is 0 Å². The Morgan fingerprint density at radius 1 is 0.692 bits per heavy atom. The van der Waals surface area contributed by atoms with Crippen molar-refractivity contribution in [3.05, 3.63) is 155 Å². The first-order valence-corrected chi connectivity index (χ1v) is 17.1. The summed E-state index contributed by atoms with van der Waals surface area (Å²) in [5.41, 5.74) is 5.31. The minimum absolute atomic E-state index is 0.0764. The van der Waals surface area contributed by atoms with E-state index in [2.05, 4.69) is 18.2 Å². The predicted molar refractivity (Wildman–Crippen MR) is 201 cm³/mol. The summed E-state index contributed by atoms with van der Waals surface area (Å²) in [6.07, 6.45) is 1.84. The molecule has 1 heterocycles. The second-order valence-electron chi connectivity index (χ2n) is 13.5. The Balaban J connectivity index is 1.47. The standard InChI is InChI=1S/C45H36O7/c1-44(24-23-38(46)47)37-25-28(27-9-5-4-6-10-27)13-22-35(37)39-33-11-7-8-12-34(33)42-40(41(39)44)36(43(48)49)26-45(52-42,29-14-18-31(50-2)19-15-29)30-16-20-32(51-3)21-17-30/h4-22,25-26H,23-24H2,1-3H3,(H,46,47)(H,48,49). The lowest BCUT2D eigenvalue weighted by Crippen LogP contribution is -2.37. The van der Waals surface area contributed by atoms with Gasteiger partial charge in [-0.25, -0.2) is 4.79 Å². The molecule has 0 aromatic heterocycles. The van der Waals surface area contributed by atoms with Gasteiger partial charge in [-0.2, -0.15) is 0 Å². The van der Waals surface area contributed by atoms with Gasteiger partial charge in [-0.05, 0) is 81.6 Å². The maximum Gasteiger partial charge on any atom is 0.336 e. The molecular weight excluding hydrogens is 652 g/mol. The first-order chi connectivity index (χ1) is 25.2. The van der Waals surface area contributed by atoms with Crippen molar-refractivity contribution in [3.8, 4) is 39.5 Å². The lowest BCUT2D eigenvalue weighted by molar-refractivity contribution is -0.137. The van der Waals surface area contributed by atoms with E-state index in [1.54, 1.807) is 20.3 Å². The van der Waals surface area contributed by atoms with Gasteiger partial charge in [0.1, 0.15) is 17.2 Å². The van der Waals surface area contributed by atoms with Gasteiger partial charge in [0, 0.05) is 33.9 Å². The largest absolute Gasteiger partial charge is 0.497 e. The molecule has 1 aliphatic carbocycles. The van der Waals surface area contributed by atoms with Crippen molar-refractivity contribution >= 4 is 28.3 Å². The van der Waals surface area contributed by atoms with Gasteiger partial charge in [-0.3, -0.25) is 4.79 Å². The van der Waals surface area contributed by atoms with E-state index >= 15 is 0 Å². The fourth-order valence-electron chi connectivity index (χ4n) is 8.14. The molecule has 0 amide bonds. The van der Waals surface area contributed by atoms with Crippen LogP contribution < -0.4 is 14.2 Å².